The van der Waals surface area contributed by atoms with Crippen LogP contribution in [0.1, 0.15) is 65.7 Å². The molecule has 0 aliphatic heterocycles. The van der Waals surface area contributed by atoms with Gasteiger partial charge in [0, 0.05) is 5.41 Å². The number of rotatable bonds is 2. The summed E-state index contributed by atoms with van der Waals surface area (Å²) in [7, 11) is 0. The monoisotopic (exact) mass is 280 g/mol. The highest BCUT2D eigenvalue weighted by Gasteiger charge is 2.63. The summed E-state index contributed by atoms with van der Waals surface area (Å²) in [6.45, 7) is 6.99. The molecule has 3 aliphatic rings. The van der Waals surface area contributed by atoms with Gasteiger partial charge < -0.3 is 9.84 Å². The van der Waals surface area contributed by atoms with Crippen molar-refractivity contribution in [2.75, 3.05) is 0 Å². The maximum atomic E-state index is 12.4. The molecule has 3 aliphatic carbocycles. The molecule has 3 fully saturated rings. The second-order valence-electron chi connectivity index (χ2n) is 8.04. The minimum absolute atomic E-state index is 0.00789. The Morgan fingerprint density at radius 1 is 1.10 bits per heavy atom. The SMILES string of the molecule is CC1(C)C2CCC1(C)C(OC(=O)C1CCC(O)CC1)C2. The van der Waals surface area contributed by atoms with Crippen molar-refractivity contribution in [2.45, 2.75) is 77.9 Å². The minimum atomic E-state index is -0.210. The number of hydrogen-bond acceptors (Lipinski definition) is 3. The lowest BCUT2D eigenvalue weighted by Gasteiger charge is -2.39. The summed E-state index contributed by atoms with van der Waals surface area (Å²) in [5.41, 5.74) is 0.447. The van der Waals surface area contributed by atoms with E-state index in [0.717, 1.165) is 32.1 Å². The Morgan fingerprint density at radius 2 is 1.75 bits per heavy atom. The van der Waals surface area contributed by atoms with E-state index in [-0.39, 0.29) is 29.5 Å². The highest BCUT2D eigenvalue weighted by atomic mass is 16.5. The maximum absolute atomic E-state index is 12.4. The van der Waals surface area contributed by atoms with Crippen molar-refractivity contribution in [1.29, 1.82) is 0 Å². The molecule has 3 atom stereocenters. The van der Waals surface area contributed by atoms with Gasteiger partial charge in [-0.15, -0.1) is 0 Å². The highest BCUT2D eigenvalue weighted by Crippen LogP contribution is 2.66. The molecule has 3 nitrogen and oxygen atoms in total. The topological polar surface area (TPSA) is 46.5 Å². The number of esters is 1. The van der Waals surface area contributed by atoms with E-state index < -0.39 is 0 Å². The summed E-state index contributed by atoms with van der Waals surface area (Å²) in [5.74, 6) is 0.717. The molecule has 0 aromatic carbocycles. The summed E-state index contributed by atoms with van der Waals surface area (Å²) in [4.78, 5) is 12.4. The second kappa shape index (κ2) is 4.72. The molecule has 3 saturated carbocycles. The summed E-state index contributed by atoms with van der Waals surface area (Å²) < 4.78 is 5.94. The molecule has 20 heavy (non-hydrogen) atoms. The lowest BCUT2D eigenvalue weighted by atomic mass is 9.70. The van der Waals surface area contributed by atoms with Crippen LogP contribution in [0, 0.1) is 22.7 Å². The number of carbonyl (C=O) groups excluding carboxylic acids is 1. The van der Waals surface area contributed by atoms with Crippen molar-refractivity contribution in [1.82, 2.24) is 0 Å². The fourth-order valence-corrected chi connectivity index (χ4v) is 4.86. The van der Waals surface area contributed by atoms with Gasteiger partial charge in [0.25, 0.3) is 0 Å². The minimum Gasteiger partial charge on any atom is -0.462 e. The summed E-state index contributed by atoms with van der Waals surface area (Å²) in [6, 6.07) is 0. The Labute approximate surface area is 122 Å². The molecule has 0 aromatic heterocycles. The summed E-state index contributed by atoms with van der Waals surface area (Å²) >= 11 is 0. The lowest BCUT2D eigenvalue weighted by Crippen LogP contribution is -2.40. The molecule has 0 saturated heterocycles. The number of ether oxygens (including phenoxy) is 1. The molecule has 114 valence electrons. The first-order valence-corrected chi connectivity index (χ1v) is 8.23. The second-order valence-corrected chi connectivity index (χ2v) is 8.04. The van der Waals surface area contributed by atoms with Crippen LogP contribution in [0.25, 0.3) is 0 Å². The van der Waals surface area contributed by atoms with Gasteiger partial charge in [0.05, 0.1) is 12.0 Å². The van der Waals surface area contributed by atoms with Gasteiger partial charge in [-0.1, -0.05) is 20.8 Å². The van der Waals surface area contributed by atoms with Crippen molar-refractivity contribution in [2.24, 2.45) is 22.7 Å². The Hall–Kier alpha value is -0.570. The number of hydrogen-bond donors (Lipinski definition) is 1. The van der Waals surface area contributed by atoms with Gasteiger partial charge in [0.1, 0.15) is 6.10 Å². The normalized spacial score (nSPS) is 46.4. The first kappa shape index (κ1) is 14.4. The standard InChI is InChI=1S/C17H28O3/c1-16(2)12-8-9-17(16,3)14(10-12)20-15(19)11-4-6-13(18)7-5-11/h11-14,18H,4-10H2,1-3H3. The predicted octanol–water partition coefficient (Wildman–Crippen LogP) is 3.30. The van der Waals surface area contributed by atoms with Gasteiger partial charge in [-0.25, -0.2) is 0 Å². The van der Waals surface area contributed by atoms with Crippen LogP contribution in [0.15, 0.2) is 0 Å². The quantitative estimate of drug-likeness (QED) is 0.789. The lowest BCUT2D eigenvalue weighted by molar-refractivity contribution is -0.163. The van der Waals surface area contributed by atoms with Crippen LogP contribution >= 0.6 is 0 Å². The number of fused-ring (bicyclic) bond motifs is 2. The molecule has 0 amide bonds. The van der Waals surface area contributed by atoms with Crippen LogP contribution in [0.2, 0.25) is 0 Å². The fourth-order valence-electron chi connectivity index (χ4n) is 4.86. The van der Waals surface area contributed by atoms with E-state index in [9.17, 15) is 9.90 Å². The molecule has 2 bridgehead atoms. The third kappa shape index (κ3) is 2.01. The Balaban J connectivity index is 1.63. The number of carbonyl (C=O) groups is 1. The Kier molecular flexibility index (Phi) is 3.39. The zero-order valence-corrected chi connectivity index (χ0v) is 13.0. The van der Waals surface area contributed by atoms with Crippen LogP contribution in [-0.4, -0.2) is 23.3 Å². The van der Waals surface area contributed by atoms with Gasteiger partial charge in [0.15, 0.2) is 0 Å². The van der Waals surface area contributed by atoms with E-state index in [1.165, 1.54) is 12.8 Å². The van der Waals surface area contributed by atoms with Gasteiger partial charge in [-0.05, 0) is 56.3 Å². The maximum Gasteiger partial charge on any atom is 0.309 e. The molecule has 0 aromatic rings. The highest BCUT2D eigenvalue weighted by molar-refractivity contribution is 5.72. The smallest absolute Gasteiger partial charge is 0.309 e. The summed E-state index contributed by atoms with van der Waals surface area (Å²) in [6.07, 6.45) is 6.48. The van der Waals surface area contributed by atoms with E-state index in [4.69, 9.17) is 4.74 Å². The molecule has 0 spiro atoms. The van der Waals surface area contributed by atoms with Gasteiger partial charge >= 0.3 is 5.97 Å². The van der Waals surface area contributed by atoms with Crippen LogP contribution in [0.4, 0.5) is 0 Å². The number of aliphatic hydroxyl groups is 1. The molecular formula is C17H28O3. The van der Waals surface area contributed by atoms with Crippen LogP contribution in [-0.2, 0) is 9.53 Å². The average Bonchev–Trinajstić information content (AvgIpc) is 2.72. The van der Waals surface area contributed by atoms with Crippen molar-refractivity contribution in [3.05, 3.63) is 0 Å². The average molecular weight is 280 g/mol. The first-order chi connectivity index (χ1) is 9.34. The molecule has 1 N–H and O–H groups in total. The third-order valence-electron chi connectivity index (χ3n) is 7.00. The van der Waals surface area contributed by atoms with E-state index in [2.05, 4.69) is 20.8 Å². The van der Waals surface area contributed by atoms with Gasteiger partial charge in [-0.3, -0.25) is 4.79 Å². The van der Waals surface area contributed by atoms with Crippen molar-refractivity contribution >= 4 is 5.97 Å². The van der Waals surface area contributed by atoms with E-state index in [1.807, 2.05) is 0 Å². The molecule has 3 rings (SSSR count). The molecule has 3 heteroatoms. The molecular weight excluding hydrogens is 252 g/mol. The fraction of sp³-hybridized carbons (Fsp3) is 0.941. The molecule has 0 heterocycles. The first-order valence-electron chi connectivity index (χ1n) is 8.23. The van der Waals surface area contributed by atoms with Gasteiger partial charge in [-0.2, -0.15) is 0 Å². The zero-order valence-electron chi connectivity index (χ0n) is 13.0. The number of aliphatic hydroxyl groups excluding tert-OH is 1. The molecule has 3 unspecified atom stereocenters. The van der Waals surface area contributed by atoms with E-state index in [0.29, 0.717) is 11.3 Å². The van der Waals surface area contributed by atoms with Crippen molar-refractivity contribution < 1.29 is 14.6 Å². The van der Waals surface area contributed by atoms with Crippen molar-refractivity contribution in [3.63, 3.8) is 0 Å². The zero-order chi connectivity index (χ0) is 14.5. The van der Waals surface area contributed by atoms with Gasteiger partial charge in [0.2, 0.25) is 0 Å². The van der Waals surface area contributed by atoms with E-state index in [1.54, 1.807) is 0 Å². The van der Waals surface area contributed by atoms with Crippen LogP contribution in [0.5, 0.6) is 0 Å². The van der Waals surface area contributed by atoms with Crippen LogP contribution in [0.3, 0.4) is 0 Å². The van der Waals surface area contributed by atoms with Crippen molar-refractivity contribution in [3.8, 4) is 0 Å². The summed E-state index contributed by atoms with van der Waals surface area (Å²) in [5, 5.41) is 9.54. The Morgan fingerprint density at radius 3 is 2.25 bits per heavy atom. The molecule has 0 radical (unpaired) electrons. The largest absolute Gasteiger partial charge is 0.462 e. The Bertz CT molecular complexity index is 395. The third-order valence-corrected chi connectivity index (χ3v) is 7.00. The van der Waals surface area contributed by atoms with Crippen LogP contribution < -0.4 is 0 Å². The van der Waals surface area contributed by atoms with E-state index >= 15 is 0 Å². The predicted molar refractivity (Wildman–Crippen MR) is 77.1 cm³/mol.